The minimum absolute atomic E-state index is 0.266. The normalized spacial score (nSPS) is 11.2. The van der Waals surface area contributed by atoms with E-state index >= 15 is 0 Å². The molecule has 1 amide bonds. The van der Waals surface area contributed by atoms with Gasteiger partial charge in [0.2, 0.25) is 0 Å². The molecule has 0 aromatic heterocycles. The molecule has 0 aliphatic rings. The van der Waals surface area contributed by atoms with E-state index in [1.165, 1.54) is 0 Å². The molecule has 0 aliphatic carbocycles. The highest BCUT2D eigenvalue weighted by molar-refractivity contribution is 9.10. The highest BCUT2D eigenvalue weighted by atomic mass is 79.9. The van der Waals surface area contributed by atoms with Crippen LogP contribution in [0.2, 0.25) is 5.02 Å². The second-order valence-electron chi connectivity index (χ2n) is 4.13. The summed E-state index contributed by atoms with van der Waals surface area (Å²) < 4.78 is 0.844. The third kappa shape index (κ3) is 3.68. The van der Waals surface area contributed by atoms with Crippen LogP contribution in [0.3, 0.4) is 0 Å². The lowest BCUT2D eigenvalue weighted by atomic mass is 10.1. The van der Waals surface area contributed by atoms with Crippen LogP contribution in [0.5, 0.6) is 0 Å². The van der Waals surface area contributed by atoms with Crippen molar-refractivity contribution in [2.75, 3.05) is 0 Å². The lowest BCUT2D eigenvalue weighted by molar-refractivity contribution is 0.0955. The van der Waals surface area contributed by atoms with E-state index in [1.54, 1.807) is 31.2 Å². The minimum atomic E-state index is -0.266. The van der Waals surface area contributed by atoms with Crippen LogP contribution in [0.4, 0.5) is 0 Å². The molecule has 0 heterocycles. The van der Waals surface area contributed by atoms with Crippen molar-refractivity contribution in [3.05, 3.63) is 69.2 Å². The molecule has 3 nitrogen and oxygen atoms in total. The topological polar surface area (TPSA) is 41.5 Å². The van der Waals surface area contributed by atoms with Crippen LogP contribution >= 0.6 is 27.5 Å². The van der Waals surface area contributed by atoms with Crippen LogP contribution in [-0.2, 0) is 0 Å². The number of nitrogens with zero attached hydrogens (tertiary/aromatic N) is 1. The highest BCUT2D eigenvalue weighted by Crippen LogP contribution is 2.15. The molecular formula is C15H12BrClN2O. The van der Waals surface area contributed by atoms with Crippen molar-refractivity contribution in [1.29, 1.82) is 0 Å². The highest BCUT2D eigenvalue weighted by Gasteiger charge is 2.06. The first-order chi connectivity index (χ1) is 9.58. The summed E-state index contributed by atoms with van der Waals surface area (Å²) in [4.78, 5) is 11.9. The summed E-state index contributed by atoms with van der Waals surface area (Å²) in [5.74, 6) is -0.266. The molecule has 0 saturated heterocycles. The van der Waals surface area contributed by atoms with E-state index in [-0.39, 0.29) is 5.91 Å². The molecule has 0 aliphatic heterocycles. The number of nitrogens with one attached hydrogen (secondary N) is 1. The Morgan fingerprint density at radius 1 is 1.20 bits per heavy atom. The molecule has 0 spiro atoms. The fraction of sp³-hybridized carbons (Fsp3) is 0.0667. The molecule has 5 heteroatoms. The summed E-state index contributed by atoms with van der Waals surface area (Å²) in [5.41, 5.74) is 4.51. The van der Waals surface area contributed by atoms with Crippen LogP contribution in [0.15, 0.2) is 58.1 Å². The van der Waals surface area contributed by atoms with Gasteiger partial charge >= 0.3 is 0 Å². The monoisotopic (exact) mass is 350 g/mol. The first kappa shape index (κ1) is 14.8. The van der Waals surface area contributed by atoms with Gasteiger partial charge < -0.3 is 0 Å². The lowest BCUT2D eigenvalue weighted by Gasteiger charge is -2.05. The number of hydrogen-bond acceptors (Lipinski definition) is 2. The van der Waals surface area contributed by atoms with Crippen LogP contribution in [0.25, 0.3) is 0 Å². The standard InChI is InChI=1S/C15H12BrClN2O/c1-10(13-7-2-3-8-14(13)17)18-19-15(20)11-5-4-6-12(16)9-11/h2-9H,1H3,(H,19,20). The molecule has 2 rings (SSSR count). The van der Waals surface area contributed by atoms with Gasteiger partial charge in [0, 0.05) is 20.6 Å². The predicted octanol–water partition coefficient (Wildman–Crippen LogP) is 4.26. The van der Waals surface area contributed by atoms with Crippen LogP contribution in [0, 0.1) is 0 Å². The van der Waals surface area contributed by atoms with Gasteiger partial charge in [-0.25, -0.2) is 5.43 Å². The zero-order valence-electron chi connectivity index (χ0n) is 10.7. The molecule has 2 aromatic carbocycles. The minimum Gasteiger partial charge on any atom is -0.267 e. The van der Waals surface area contributed by atoms with Crippen molar-refractivity contribution in [2.45, 2.75) is 6.92 Å². The summed E-state index contributed by atoms with van der Waals surface area (Å²) in [5, 5.41) is 4.68. The SMILES string of the molecule is CC(=NNC(=O)c1cccc(Br)c1)c1ccccc1Cl. The van der Waals surface area contributed by atoms with Crippen LogP contribution < -0.4 is 5.43 Å². The average molecular weight is 352 g/mol. The summed E-state index contributed by atoms with van der Waals surface area (Å²) in [7, 11) is 0. The van der Waals surface area contributed by atoms with Crippen LogP contribution in [-0.4, -0.2) is 11.6 Å². The number of benzene rings is 2. The summed E-state index contributed by atoms with van der Waals surface area (Å²) >= 11 is 9.40. The molecule has 0 bridgehead atoms. The first-order valence-corrected chi connectivity index (χ1v) is 7.10. The fourth-order valence-corrected chi connectivity index (χ4v) is 2.32. The third-order valence-corrected chi connectivity index (χ3v) is 3.50. The van der Waals surface area contributed by atoms with E-state index in [1.807, 2.05) is 24.3 Å². The second-order valence-corrected chi connectivity index (χ2v) is 5.45. The van der Waals surface area contributed by atoms with Crippen molar-refractivity contribution in [3.63, 3.8) is 0 Å². The van der Waals surface area contributed by atoms with Gasteiger partial charge in [-0.05, 0) is 31.2 Å². The maximum atomic E-state index is 11.9. The van der Waals surface area contributed by atoms with Gasteiger partial charge in [-0.2, -0.15) is 5.10 Å². The second kappa shape index (κ2) is 6.68. The van der Waals surface area contributed by atoms with Gasteiger partial charge in [-0.1, -0.05) is 51.8 Å². The molecule has 0 radical (unpaired) electrons. The number of carbonyl (C=O) groups excluding carboxylic acids is 1. The Bertz CT molecular complexity index is 670. The van der Waals surface area contributed by atoms with Crippen molar-refractivity contribution < 1.29 is 4.79 Å². The van der Waals surface area contributed by atoms with E-state index in [9.17, 15) is 4.79 Å². The van der Waals surface area contributed by atoms with E-state index < -0.39 is 0 Å². The van der Waals surface area contributed by atoms with Gasteiger partial charge in [-0.3, -0.25) is 4.79 Å². The molecule has 2 aromatic rings. The van der Waals surface area contributed by atoms with Gasteiger partial charge in [-0.15, -0.1) is 0 Å². The van der Waals surface area contributed by atoms with Crippen molar-refractivity contribution in [2.24, 2.45) is 5.10 Å². The first-order valence-electron chi connectivity index (χ1n) is 5.93. The zero-order chi connectivity index (χ0) is 14.5. The van der Waals surface area contributed by atoms with Gasteiger partial charge in [0.15, 0.2) is 0 Å². The Kier molecular flexibility index (Phi) is 4.93. The lowest BCUT2D eigenvalue weighted by Crippen LogP contribution is -2.19. The number of amides is 1. The largest absolute Gasteiger partial charge is 0.271 e. The maximum Gasteiger partial charge on any atom is 0.271 e. The average Bonchev–Trinajstić information content (AvgIpc) is 2.45. The molecule has 0 fully saturated rings. The van der Waals surface area contributed by atoms with E-state index in [0.29, 0.717) is 16.3 Å². The Balaban J connectivity index is 2.13. The Morgan fingerprint density at radius 3 is 2.65 bits per heavy atom. The van der Waals surface area contributed by atoms with Gasteiger partial charge in [0.1, 0.15) is 0 Å². The molecule has 0 saturated carbocycles. The molecule has 0 unspecified atom stereocenters. The number of hydrogen-bond donors (Lipinski definition) is 1. The van der Waals surface area contributed by atoms with Crippen LogP contribution in [0.1, 0.15) is 22.8 Å². The molecule has 1 N–H and O–H groups in total. The summed E-state index contributed by atoms with van der Waals surface area (Å²) in [6.45, 7) is 1.79. The quantitative estimate of drug-likeness (QED) is 0.651. The maximum absolute atomic E-state index is 11.9. The fourth-order valence-electron chi connectivity index (χ4n) is 1.64. The number of hydrazone groups is 1. The molecular weight excluding hydrogens is 340 g/mol. The van der Waals surface area contributed by atoms with Crippen molar-refractivity contribution in [1.82, 2.24) is 5.43 Å². The van der Waals surface area contributed by atoms with Crippen molar-refractivity contribution in [3.8, 4) is 0 Å². The summed E-state index contributed by atoms with van der Waals surface area (Å²) in [6, 6.07) is 14.5. The zero-order valence-corrected chi connectivity index (χ0v) is 13.1. The Morgan fingerprint density at radius 2 is 1.95 bits per heavy atom. The Labute approximate surface area is 130 Å². The van der Waals surface area contributed by atoms with Crippen molar-refractivity contribution >= 4 is 39.1 Å². The molecule has 20 heavy (non-hydrogen) atoms. The Hall–Kier alpha value is -1.65. The smallest absolute Gasteiger partial charge is 0.267 e. The molecule has 102 valence electrons. The number of halogens is 2. The number of rotatable bonds is 3. The molecule has 0 atom stereocenters. The van der Waals surface area contributed by atoms with Gasteiger partial charge in [0.05, 0.1) is 5.71 Å². The summed E-state index contributed by atoms with van der Waals surface area (Å²) in [6.07, 6.45) is 0. The predicted molar refractivity (Wildman–Crippen MR) is 85.3 cm³/mol. The van der Waals surface area contributed by atoms with E-state index in [2.05, 4.69) is 26.5 Å². The number of carbonyl (C=O) groups is 1. The third-order valence-electron chi connectivity index (χ3n) is 2.68. The van der Waals surface area contributed by atoms with E-state index in [4.69, 9.17) is 11.6 Å². The van der Waals surface area contributed by atoms with E-state index in [0.717, 1.165) is 10.0 Å². The van der Waals surface area contributed by atoms with Gasteiger partial charge in [0.25, 0.3) is 5.91 Å².